The van der Waals surface area contributed by atoms with Crippen molar-refractivity contribution in [3.8, 4) is 0 Å². The van der Waals surface area contributed by atoms with Gasteiger partial charge in [-0.1, -0.05) is 11.6 Å². The highest BCUT2D eigenvalue weighted by molar-refractivity contribution is 6.35. The molecule has 1 N–H and O–H groups in total. The molecule has 1 unspecified atom stereocenters. The van der Waals surface area contributed by atoms with E-state index in [1.807, 2.05) is 39.8 Å². The maximum Gasteiger partial charge on any atom is 0.410 e. The third-order valence-electron chi connectivity index (χ3n) is 10.0. The van der Waals surface area contributed by atoms with Gasteiger partial charge in [0.25, 0.3) is 5.91 Å². The summed E-state index contributed by atoms with van der Waals surface area (Å²) in [6.07, 6.45) is 4.47. The molecule has 5 aliphatic rings. The molecule has 1 saturated carbocycles. The number of carbonyl (C=O) groups excluding carboxylic acids is 4. The lowest BCUT2D eigenvalue weighted by molar-refractivity contribution is -0.137. The molecule has 4 aliphatic heterocycles. The number of piperazine rings is 1. The van der Waals surface area contributed by atoms with E-state index in [0.717, 1.165) is 56.6 Å². The number of ether oxygens (including phenoxy) is 2. The number of benzene rings is 1. The standard InChI is InChI=1S/C33H46ClN5O6/c1-19-18-37(21-16-23(17-21)44-22-10-12-36(13-11-22)32(43)45-33(3,4)5)14-15-38(19)25-7-6-24-28(29(25)34)20(2)39(31(24)42)26-8-9-27(40)35-30(26)41/h6-7,19-23,26H,8-18H2,1-5H3,(H,35,40,41)/t19-,20-,21-,23-,26?/m1/s1. The minimum absolute atomic E-state index is 0.188. The quantitative estimate of drug-likeness (QED) is 0.477. The number of likely N-dealkylation sites (tertiary alicyclic amines) is 1. The Morgan fingerprint density at radius 2 is 1.69 bits per heavy atom. The summed E-state index contributed by atoms with van der Waals surface area (Å²) in [4.78, 5) is 58.3. The van der Waals surface area contributed by atoms with E-state index in [1.54, 1.807) is 9.80 Å². The van der Waals surface area contributed by atoms with Crippen molar-refractivity contribution < 1.29 is 28.7 Å². The molecule has 246 valence electrons. The van der Waals surface area contributed by atoms with Crippen molar-refractivity contribution in [2.75, 3.05) is 37.6 Å². The van der Waals surface area contributed by atoms with Gasteiger partial charge in [0.05, 0.1) is 29.0 Å². The average Bonchev–Trinajstić information content (AvgIpc) is 3.20. The highest BCUT2D eigenvalue weighted by Crippen LogP contribution is 2.45. The highest BCUT2D eigenvalue weighted by atomic mass is 35.5. The number of carbonyl (C=O) groups is 4. The molecule has 0 bridgehead atoms. The molecule has 12 heteroatoms. The van der Waals surface area contributed by atoms with E-state index in [-0.39, 0.29) is 48.6 Å². The number of rotatable bonds is 5. The van der Waals surface area contributed by atoms with E-state index < -0.39 is 17.6 Å². The van der Waals surface area contributed by atoms with E-state index in [2.05, 4.69) is 22.0 Å². The van der Waals surface area contributed by atoms with E-state index in [9.17, 15) is 19.2 Å². The van der Waals surface area contributed by atoms with Gasteiger partial charge in [-0.25, -0.2) is 4.79 Å². The van der Waals surface area contributed by atoms with Gasteiger partial charge in [0, 0.05) is 62.4 Å². The molecule has 4 heterocycles. The summed E-state index contributed by atoms with van der Waals surface area (Å²) in [5, 5.41) is 2.94. The Kier molecular flexibility index (Phi) is 8.82. The summed E-state index contributed by atoms with van der Waals surface area (Å²) in [6.45, 7) is 13.8. The van der Waals surface area contributed by atoms with Crippen LogP contribution in [0.2, 0.25) is 5.02 Å². The fraction of sp³-hybridized carbons (Fsp3) is 0.697. The molecule has 1 aromatic carbocycles. The number of halogens is 1. The van der Waals surface area contributed by atoms with Crippen molar-refractivity contribution in [1.29, 1.82) is 0 Å². The molecule has 3 saturated heterocycles. The molecule has 0 spiro atoms. The Labute approximate surface area is 270 Å². The van der Waals surface area contributed by atoms with Crippen LogP contribution in [0.15, 0.2) is 12.1 Å². The van der Waals surface area contributed by atoms with Crippen molar-refractivity contribution in [3.63, 3.8) is 0 Å². The molecule has 11 nitrogen and oxygen atoms in total. The van der Waals surface area contributed by atoms with Crippen LogP contribution in [0.3, 0.4) is 0 Å². The smallest absolute Gasteiger partial charge is 0.410 e. The lowest BCUT2D eigenvalue weighted by Gasteiger charge is -2.50. The van der Waals surface area contributed by atoms with Gasteiger partial charge in [0.15, 0.2) is 0 Å². The summed E-state index contributed by atoms with van der Waals surface area (Å²) in [5.41, 5.74) is 1.72. The minimum atomic E-state index is -0.681. The third-order valence-corrected chi connectivity index (χ3v) is 10.4. The van der Waals surface area contributed by atoms with Crippen LogP contribution in [0.1, 0.15) is 95.1 Å². The Bertz CT molecular complexity index is 1350. The number of piperidine rings is 2. The number of fused-ring (bicyclic) bond motifs is 1. The lowest BCUT2D eigenvalue weighted by Crippen LogP contribution is -2.59. The Balaban J connectivity index is 1.00. The summed E-state index contributed by atoms with van der Waals surface area (Å²) >= 11 is 7.05. The molecule has 4 fully saturated rings. The highest BCUT2D eigenvalue weighted by Gasteiger charge is 2.45. The van der Waals surface area contributed by atoms with Gasteiger partial charge in [-0.2, -0.15) is 0 Å². The molecule has 3 atom stereocenters. The number of hydrogen-bond acceptors (Lipinski definition) is 8. The fourth-order valence-electron chi connectivity index (χ4n) is 7.61. The summed E-state index contributed by atoms with van der Waals surface area (Å²) in [6, 6.07) is 3.46. The van der Waals surface area contributed by atoms with Crippen LogP contribution < -0.4 is 10.2 Å². The average molecular weight is 644 g/mol. The summed E-state index contributed by atoms with van der Waals surface area (Å²) in [5.74, 6) is -0.940. The first-order valence-corrected chi connectivity index (χ1v) is 16.8. The second kappa shape index (κ2) is 12.4. The largest absolute Gasteiger partial charge is 0.444 e. The van der Waals surface area contributed by atoms with Gasteiger partial charge >= 0.3 is 6.09 Å². The van der Waals surface area contributed by atoms with Crippen LogP contribution in [0.25, 0.3) is 0 Å². The van der Waals surface area contributed by atoms with Crippen molar-refractivity contribution in [2.45, 2.75) is 115 Å². The minimum Gasteiger partial charge on any atom is -0.444 e. The predicted molar refractivity (Wildman–Crippen MR) is 169 cm³/mol. The van der Waals surface area contributed by atoms with Gasteiger partial charge in [0.1, 0.15) is 11.6 Å². The maximum absolute atomic E-state index is 13.4. The van der Waals surface area contributed by atoms with Crippen LogP contribution in [0.4, 0.5) is 10.5 Å². The van der Waals surface area contributed by atoms with Gasteiger partial charge in [-0.15, -0.1) is 0 Å². The molecule has 0 aromatic heterocycles. The van der Waals surface area contributed by atoms with Gasteiger partial charge in [-0.05, 0) is 78.9 Å². The van der Waals surface area contributed by atoms with Crippen molar-refractivity contribution in [3.05, 3.63) is 28.3 Å². The van der Waals surface area contributed by atoms with Crippen molar-refractivity contribution >= 4 is 41.1 Å². The topological polar surface area (TPSA) is 112 Å². The Morgan fingerprint density at radius 1 is 0.978 bits per heavy atom. The van der Waals surface area contributed by atoms with E-state index in [0.29, 0.717) is 36.1 Å². The lowest BCUT2D eigenvalue weighted by atomic mass is 9.86. The number of imide groups is 1. The zero-order chi connectivity index (χ0) is 32.2. The van der Waals surface area contributed by atoms with Gasteiger partial charge in [0.2, 0.25) is 11.8 Å². The first-order chi connectivity index (χ1) is 21.3. The SMILES string of the molecule is C[C@@H]1CN([C@H]2C[C@H](OC3CCN(C(=O)OC(C)(C)C)CC3)C2)CCN1c1ccc2c(c1Cl)[C@@H](C)N(C1CCC(=O)NC1=O)C2=O. The first-order valence-electron chi connectivity index (χ1n) is 16.4. The number of amides is 4. The monoisotopic (exact) mass is 643 g/mol. The number of nitrogens with zero attached hydrogens (tertiary/aromatic N) is 4. The number of hydrogen-bond donors (Lipinski definition) is 1. The Morgan fingerprint density at radius 3 is 2.33 bits per heavy atom. The first kappa shape index (κ1) is 32.1. The van der Waals surface area contributed by atoms with Crippen LogP contribution in [-0.4, -0.2) is 107 Å². The summed E-state index contributed by atoms with van der Waals surface area (Å²) in [7, 11) is 0. The van der Waals surface area contributed by atoms with Crippen LogP contribution >= 0.6 is 11.6 Å². The Hall–Kier alpha value is -2.89. The zero-order valence-corrected chi connectivity index (χ0v) is 27.8. The number of nitrogens with one attached hydrogen (secondary N) is 1. The van der Waals surface area contributed by atoms with Gasteiger partial charge in [-0.3, -0.25) is 24.6 Å². The summed E-state index contributed by atoms with van der Waals surface area (Å²) < 4.78 is 11.9. The third kappa shape index (κ3) is 6.40. The maximum atomic E-state index is 13.4. The fourth-order valence-corrected chi connectivity index (χ4v) is 8.04. The molecular weight excluding hydrogens is 598 g/mol. The second-order valence-electron chi connectivity index (χ2n) is 14.3. The zero-order valence-electron chi connectivity index (χ0n) is 27.0. The van der Waals surface area contributed by atoms with Gasteiger partial charge < -0.3 is 24.2 Å². The van der Waals surface area contributed by atoms with E-state index in [1.165, 1.54) is 0 Å². The van der Waals surface area contributed by atoms with Crippen molar-refractivity contribution in [2.24, 2.45) is 0 Å². The van der Waals surface area contributed by atoms with Crippen LogP contribution in [0, 0.1) is 0 Å². The normalized spacial score (nSPS) is 29.9. The molecule has 1 aliphatic carbocycles. The molecule has 0 radical (unpaired) electrons. The van der Waals surface area contributed by atoms with E-state index >= 15 is 0 Å². The van der Waals surface area contributed by atoms with E-state index in [4.69, 9.17) is 21.1 Å². The molecule has 6 rings (SSSR count). The molecular formula is C33H46ClN5O6. The number of anilines is 1. The predicted octanol–water partition coefficient (Wildman–Crippen LogP) is 4.12. The van der Waals surface area contributed by atoms with Crippen LogP contribution in [0.5, 0.6) is 0 Å². The molecule has 45 heavy (non-hydrogen) atoms. The molecule has 4 amide bonds. The van der Waals surface area contributed by atoms with Crippen molar-refractivity contribution in [1.82, 2.24) is 20.0 Å². The molecule has 1 aromatic rings. The second-order valence-corrected chi connectivity index (χ2v) is 14.7. The van der Waals surface area contributed by atoms with Crippen LogP contribution in [-0.2, 0) is 19.1 Å².